The lowest BCUT2D eigenvalue weighted by Gasteiger charge is -2.32. The van der Waals surface area contributed by atoms with E-state index in [9.17, 15) is 36.7 Å². The summed E-state index contributed by atoms with van der Waals surface area (Å²) >= 11 is 15.7. The molecule has 0 radical (unpaired) electrons. The number of carboxylic acid groups (broad SMARTS) is 1. The Morgan fingerprint density at radius 3 is 1.38 bits per heavy atom. The van der Waals surface area contributed by atoms with E-state index in [-0.39, 0.29) is 24.1 Å². The molecule has 4 aliphatic carbocycles. The second kappa shape index (κ2) is 29.4. The molecule has 4 aromatic carbocycles. The summed E-state index contributed by atoms with van der Waals surface area (Å²) in [7, 11) is 2.81. The maximum Gasteiger partial charge on any atom is 0.494 e. The Kier molecular flexibility index (Phi) is 21.8. The molecular weight excluding hydrogens is 1480 g/mol. The Morgan fingerprint density at radius 2 is 0.957 bits per heavy atom. The normalized spacial score (nSPS) is 21.3. The molecule has 8 atom stereocenters. The summed E-state index contributed by atoms with van der Waals surface area (Å²) in [5.41, 5.74) is 10.9. The van der Waals surface area contributed by atoms with Crippen LogP contribution in [-0.2, 0) is 28.5 Å². The first-order chi connectivity index (χ1) is 44.3. The molecule has 486 valence electrons. The monoisotopic (exact) mass is 1540 g/mol. The highest BCUT2D eigenvalue weighted by molar-refractivity contribution is 9.11. The van der Waals surface area contributed by atoms with E-state index >= 15 is 0 Å². The lowest BCUT2D eigenvalue weighted by Crippen LogP contribution is -2.41. The fraction of sp³-hybridized carbons (Fsp3) is 0.323. The van der Waals surface area contributed by atoms with E-state index in [1.54, 1.807) is 51.1 Å². The largest absolute Gasteiger partial charge is 0.496 e. The number of aliphatic carboxylic acids is 1. The van der Waals surface area contributed by atoms with Crippen LogP contribution in [0.2, 0.25) is 0 Å². The quantitative estimate of drug-likeness (QED) is 0.0595. The molecule has 10 aromatic rings. The minimum atomic E-state index is -1.06. The first-order valence-electron chi connectivity index (χ1n) is 28.6. The zero-order chi connectivity index (χ0) is 66.6. The highest BCUT2D eigenvalue weighted by atomic mass is 79.9. The van der Waals surface area contributed by atoms with Gasteiger partial charge in [-0.1, -0.05) is 89.3 Å². The number of carbonyl (C=O) groups is 4. The summed E-state index contributed by atoms with van der Waals surface area (Å²) in [6, 6.07) is 26.8. The molecule has 19 nitrogen and oxygen atoms in total. The van der Waals surface area contributed by atoms with Crippen LogP contribution in [0.15, 0.2) is 123 Å². The van der Waals surface area contributed by atoms with Gasteiger partial charge in [-0.05, 0) is 153 Å². The van der Waals surface area contributed by atoms with E-state index in [2.05, 4.69) is 93.6 Å². The van der Waals surface area contributed by atoms with Crippen molar-refractivity contribution in [2.75, 3.05) is 35.9 Å². The van der Waals surface area contributed by atoms with Crippen molar-refractivity contribution >= 4 is 191 Å². The number of pyridine rings is 2. The lowest BCUT2D eigenvalue weighted by molar-refractivity contribution is -0.139. The molecule has 1 saturated heterocycles. The van der Waals surface area contributed by atoms with Gasteiger partial charge in [0.15, 0.2) is 20.5 Å². The second-order valence-electron chi connectivity index (χ2n) is 22.7. The van der Waals surface area contributed by atoms with Gasteiger partial charge < -0.3 is 45.6 Å². The van der Waals surface area contributed by atoms with Crippen LogP contribution < -0.4 is 36.6 Å². The number of benzene rings is 4. The third-order valence-electron chi connectivity index (χ3n) is 15.2. The number of nitrogens with two attached hydrogens (primary N) is 1. The molecule has 1 aliphatic heterocycles. The Hall–Kier alpha value is -6.84. The number of fused-ring (bicyclic) bond motifs is 4. The first-order valence-corrected chi connectivity index (χ1v) is 34.3. The standard InChI is InChI=1S/C17H20BFN2O3S.C17H14FN3O2S.C11H8BrFN2OS.C7H5BrN2S.C6H6BrNO.C4H5FO2/c1-16(2)17(3,4)24-18(23-16)9-5-6-12-13(7-9)25-15(20-12)21-14(22)10-8-11(10)19;1-23-14-4-5-19-8-11(14)9-2-3-13-15(6-9)24-17(20-13)21-16(22)10-7-12(10)18;12-5-1-2-8-9(3-5)17-11(14-8)15-10(16)6-4-7(6)13;8-4-1-2-5-6(3-4)11-7(9)10-5;1-9-6-2-3-8-4-5(6)7;5-3-1-2(3)4(6)7/h5-7,10-11H,8H2,1-4H3,(H,20,21,22);2-6,8,10,12H,7H2,1H3,(H,20,21,22);1-3,6-7H,4H2,(H,14,15,16);1-3H,(H2,9,10);2-4H,1H3;2-3H,1H2,(H,6,7)/t10-,11+;10-,12+;6-,7+;;;2-,3+/m111..1/s1. The number of amides is 3. The van der Waals surface area contributed by atoms with Crippen LogP contribution in [0.5, 0.6) is 11.5 Å². The van der Waals surface area contributed by atoms with Gasteiger partial charge in [-0.25, -0.2) is 37.5 Å². The molecule has 5 fully saturated rings. The van der Waals surface area contributed by atoms with Crippen molar-refractivity contribution in [1.82, 2.24) is 29.9 Å². The van der Waals surface area contributed by atoms with Crippen molar-refractivity contribution in [3.8, 4) is 22.6 Å². The van der Waals surface area contributed by atoms with Gasteiger partial charge in [0.25, 0.3) is 0 Å². The summed E-state index contributed by atoms with van der Waals surface area (Å²) in [6.07, 6.45) is 3.92. The number of nitrogens with zero attached hydrogens (tertiary/aromatic N) is 6. The van der Waals surface area contributed by atoms with Crippen molar-refractivity contribution in [3.05, 3.63) is 123 Å². The Labute approximate surface area is 571 Å². The van der Waals surface area contributed by atoms with Gasteiger partial charge in [0.1, 0.15) is 36.2 Å². The number of nitrogens with one attached hydrogen (secondary N) is 3. The number of methoxy groups -OCH3 is 2. The van der Waals surface area contributed by atoms with Crippen LogP contribution in [0, 0.1) is 23.7 Å². The smallest absolute Gasteiger partial charge is 0.494 e. The third kappa shape index (κ3) is 17.8. The summed E-state index contributed by atoms with van der Waals surface area (Å²) in [6.45, 7) is 8.06. The number of nitrogen functional groups attached to an aromatic ring is 1. The first kappa shape index (κ1) is 69.0. The molecular formula is C62H58BBr3F4N10O9S4. The zero-order valence-corrected chi connectivity index (χ0v) is 58.2. The summed E-state index contributed by atoms with van der Waals surface area (Å²) in [5.74, 6) is -2.51. The number of hydrogen-bond donors (Lipinski definition) is 5. The van der Waals surface area contributed by atoms with E-state index in [0.717, 1.165) is 82.4 Å². The fourth-order valence-corrected chi connectivity index (χ4v) is 13.7. The Balaban J connectivity index is 0.000000129. The fourth-order valence-electron chi connectivity index (χ4n) is 8.76. The summed E-state index contributed by atoms with van der Waals surface area (Å²) in [5, 5.41) is 18.2. The van der Waals surface area contributed by atoms with E-state index in [1.165, 1.54) is 45.3 Å². The third-order valence-corrected chi connectivity index (χ3v) is 20.4. The van der Waals surface area contributed by atoms with Crippen LogP contribution in [-0.4, -0.2) is 116 Å². The number of anilines is 4. The number of halogens is 7. The number of alkyl halides is 4. The molecule has 93 heavy (non-hydrogen) atoms. The Morgan fingerprint density at radius 1 is 0.559 bits per heavy atom. The molecule has 0 bridgehead atoms. The molecule has 15 rings (SSSR count). The Bertz CT molecular complexity index is 4380. The predicted octanol–water partition coefficient (Wildman–Crippen LogP) is 14.8. The van der Waals surface area contributed by atoms with Gasteiger partial charge in [0, 0.05) is 39.3 Å². The average Bonchev–Trinajstić information content (AvgIpc) is 1.64. The van der Waals surface area contributed by atoms with E-state index < -0.39 is 72.6 Å². The van der Waals surface area contributed by atoms with Gasteiger partial charge >= 0.3 is 13.1 Å². The lowest BCUT2D eigenvalue weighted by atomic mass is 9.79. The van der Waals surface area contributed by atoms with Gasteiger partial charge in [-0.15, -0.1) is 0 Å². The number of rotatable bonds is 11. The van der Waals surface area contributed by atoms with Crippen molar-refractivity contribution in [2.45, 2.75) is 89.3 Å². The molecule has 0 unspecified atom stereocenters. The number of carboxylic acids is 1. The van der Waals surface area contributed by atoms with Gasteiger partial charge in [-0.2, -0.15) is 0 Å². The number of carbonyl (C=O) groups excluding carboxylic acids is 3. The summed E-state index contributed by atoms with van der Waals surface area (Å²) < 4.78 is 79.6. The summed E-state index contributed by atoms with van der Waals surface area (Å²) in [4.78, 5) is 70.1. The van der Waals surface area contributed by atoms with E-state index in [4.69, 9.17) is 29.6 Å². The number of ether oxygens (including phenoxy) is 2. The highest BCUT2D eigenvalue weighted by Crippen LogP contribution is 2.41. The van der Waals surface area contributed by atoms with Crippen LogP contribution >= 0.6 is 93.1 Å². The minimum absolute atomic E-state index is 0.218. The van der Waals surface area contributed by atoms with Crippen LogP contribution in [0.3, 0.4) is 0 Å². The predicted molar refractivity (Wildman–Crippen MR) is 368 cm³/mol. The number of hydrogen-bond acceptors (Lipinski definition) is 19. The van der Waals surface area contributed by atoms with E-state index in [0.29, 0.717) is 39.8 Å². The van der Waals surface area contributed by atoms with Crippen LogP contribution in [0.1, 0.15) is 53.4 Å². The molecule has 31 heteroatoms. The molecule has 6 aromatic heterocycles. The molecule has 6 N–H and O–H groups in total. The van der Waals surface area contributed by atoms with Crippen molar-refractivity contribution < 1.29 is 60.6 Å². The molecule has 3 amide bonds. The maximum atomic E-state index is 13.0. The minimum Gasteiger partial charge on any atom is -0.496 e. The number of aromatic nitrogens is 6. The topological polar surface area (TPSA) is 265 Å². The highest BCUT2D eigenvalue weighted by Gasteiger charge is 2.52. The van der Waals surface area contributed by atoms with Gasteiger partial charge in [0.05, 0.1) is 94.4 Å². The zero-order valence-electron chi connectivity index (χ0n) is 50.2. The molecule has 7 heterocycles. The van der Waals surface area contributed by atoms with Crippen molar-refractivity contribution in [2.24, 2.45) is 23.7 Å². The van der Waals surface area contributed by atoms with Gasteiger partial charge in [0.2, 0.25) is 17.7 Å². The molecule has 4 saturated carbocycles. The molecule has 0 spiro atoms. The second-order valence-corrected chi connectivity index (χ2v) is 29.5. The van der Waals surface area contributed by atoms with Crippen molar-refractivity contribution in [1.29, 1.82) is 0 Å². The SMILES string of the molecule is CC1(C)OB(c2ccc3nc(NC(=O)[C@@H]4C[C@@H]4F)sc3c2)OC1(C)C.COc1ccncc1-c1ccc2nc(NC(=O)[C@@H]3C[C@@H]3F)sc2c1.COc1ccncc1Br.Nc1nc2ccc(Br)cc2s1.O=C(Nc1nc2ccc(Br)cc2s1)[C@@H]1C[C@@H]1F.O=C(O)[C@@H]1C[C@@H]1F. The van der Waals surface area contributed by atoms with Crippen molar-refractivity contribution in [3.63, 3.8) is 0 Å². The number of thiazole rings is 4. The maximum absolute atomic E-state index is 13.0. The average molecular weight is 1540 g/mol. The van der Waals surface area contributed by atoms with Gasteiger partial charge in [-0.3, -0.25) is 29.1 Å². The van der Waals surface area contributed by atoms with Crippen LogP contribution in [0.25, 0.3) is 52.0 Å². The molecule has 5 aliphatic rings. The van der Waals surface area contributed by atoms with E-state index in [1.807, 2.05) is 100 Å². The van der Waals surface area contributed by atoms with Crippen LogP contribution in [0.4, 0.5) is 38.1 Å².